The van der Waals surface area contributed by atoms with Crippen molar-refractivity contribution in [3.8, 4) is 0 Å². The SMILES string of the molecule is CCN(C)C(=O)N(C)c1nnc(SC(C)N2C=CNC2)s1. The summed E-state index contributed by atoms with van der Waals surface area (Å²) in [7, 11) is 3.49. The molecule has 0 spiro atoms. The zero-order valence-electron chi connectivity index (χ0n) is 12.6. The Hall–Kier alpha value is -1.48. The molecule has 1 N–H and O–H groups in total. The zero-order valence-corrected chi connectivity index (χ0v) is 14.2. The topological polar surface area (TPSA) is 64.6 Å². The Balaban J connectivity index is 1.97. The van der Waals surface area contributed by atoms with E-state index >= 15 is 0 Å². The van der Waals surface area contributed by atoms with E-state index in [-0.39, 0.29) is 11.4 Å². The van der Waals surface area contributed by atoms with Gasteiger partial charge in [0.2, 0.25) is 5.13 Å². The molecule has 7 nitrogen and oxygen atoms in total. The second-order valence-corrected chi connectivity index (χ2v) is 7.13. The van der Waals surface area contributed by atoms with Crippen molar-refractivity contribution in [3.63, 3.8) is 0 Å². The van der Waals surface area contributed by atoms with E-state index in [9.17, 15) is 4.79 Å². The number of carbonyl (C=O) groups excluding carboxylic acids is 1. The van der Waals surface area contributed by atoms with Gasteiger partial charge in [-0.1, -0.05) is 23.1 Å². The smallest absolute Gasteiger partial charge is 0.325 e. The van der Waals surface area contributed by atoms with Crippen molar-refractivity contribution in [1.29, 1.82) is 0 Å². The lowest BCUT2D eigenvalue weighted by Crippen LogP contribution is -2.38. The van der Waals surface area contributed by atoms with E-state index in [1.165, 1.54) is 16.2 Å². The Labute approximate surface area is 133 Å². The third-order valence-corrected chi connectivity index (χ3v) is 5.39. The molecular formula is C12H20N6OS2. The van der Waals surface area contributed by atoms with Crippen LogP contribution in [0.4, 0.5) is 9.93 Å². The maximum Gasteiger partial charge on any atom is 0.325 e. The predicted octanol–water partition coefficient (Wildman–Crippen LogP) is 1.82. The Morgan fingerprint density at radius 1 is 1.57 bits per heavy atom. The number of carbonyl (C=O) groups is 1. The lowest BCUT2D eigenvalue weighted by atomic mass is 10.6. The maximum atomic E-state index is 12.1. The van der Waals surface area contributed by atoms with Gasteiger partial charge in [0.05, 0.1) is 12.0 Å². The normalized spacial score (nSPS) is 15.0. The first-order valence-corrected chi connectivity index (χ1v) is 8.37. The van der Waals surface area contributed by atoms with E-state index in [1.807, 2.05) is 19.3 Å². The number of amides is 2. The minimum Gasteiger partial charge on any atom is -0.373 e. The van der Waals surface area contributed by atoms with Crippen molar-refractivity contribution >= 4 is 34.3 Å². The van der Waals surface area contributed by atoms with Crippen molar-refractivity contribution in [1.82, 2.24) is 25.3 Å². The van der Waals surface area contributed by atoms with E-state index in [1.54, 1.807) is 30.8 Å². The molecule has 116 valence electrons. The molecule has 0 fully saturated rings. The number of thioether (sulfide) groups is 1. The molecule has 0 radical (unpaired) electrons. The number of hydrogen-bond donors (Lipinski definition) is 1. The zero-order chi connectivity index (χ0) is 15.4. The molecule has 1 aliphatic rings. The van der Waals surface area contributed by atoms with Crippen LogP contribution < -0.4 is 10.2 Å². The van der Waals surface area contributed by atoms with Crippen LogP contribution in [-0.2, 0) is 0 Å². The number of anilines is 1. The second kappa shape index (κ2) is 6.99. The van der Waals surface area contributed by atoms with E-state index in [0.29, 0.717) is 11.7 Å². The molecule has 0 saturated carbocycles. The van der Waals surface area contributed by atoms with E-state index in [0.717, 1.165) is 11.0 Å². The lowest BCUT2D eigenvalue weighted by molar-refractivity contribution is 0.219. The molecule has 1 unspecified atom stereocenters. The monoisotopic (exact) mass is 328 g/mol. The first-order valence-electron chi connectivity index (χ1n) is 6.67. The van der Waals surface area contributed by atoms with Crippen molar-refractivity contribution in [3.05, 3.63) is 12.4 Å². The Kier molecular flexibility index (Phi) is 5.29. The van der Waals surface area contributed by atoms with E-state index in [4.69, 9.17) is 0 Å². The van der Waals surface area contributed by atoms with Crippen molar-refractivity contribution in [2.75, 3.05) is 32.2 Å². The molecule has 2 amide bonds. The quantitative estimate of drug-likeness (QED) is 0.657. The summed E-state index contributed by atoms with van der Waals surface area (Å²) in [4.78, 5) is 17.4. The summed E-state index contributed by atoms with van der Waals surface area (Å²) < 4.78 is 0.858. The summed E-state index contributed by atoms with van der Waals surface area (Å²) in [6, 6.07) is -0.0788. The molecule has 0 saturated heterocycles. The van der Waals surface area contributed by atoms with Gasteiger partial charge >= 0.3 is 6.03 Å². The molecule has 2 heterocycles. The van der Waals surface area contributed by atoms with Crippen LogP contribution in [-0.4, -0.2) is 58.7 Å². The molecular weight excluding hydrogens is 308 g/mol. The highest BCUT2D eigenvalue weighted by Crippen LogP contribution is 2.32. The summed E-state index contributed by atoms with van der Waals surface area (Å²) in [5.41, 5.74) is 0. The fourth-order valence-electron chi connectivity index (χ4n) is 1.68. The fraction of sp³-hybridized carbons (Fsp3) is 0.583. The highest BCUT2D eigenvalue weighted by molar-refractivity contribution is 8.01. The minimum atomic E-state index is -0.0788. The van der Waals surface area contributed by atoms with Crippen LogP contribution in [0.25, 0.3) is 0 Å². The van der Waals surface area contributed by atoms with Crippen LogP contribution >= 0.6 is 23.1 Å². The largest absolute Gasteiger partial charge is 0.373 e. The van der Waals surface area contributed by atoms with Crippen LogP contribution in [0.1, 0.15) is 13.8 Å². The summed E-state index contributed by atoms with van der Waals surface area (Å²) in [5.74, 6) is 0. The van der Waals surface area contributed by atoms with E-state index in [2.05, 4.69) is 27.3 Å². The van der Waals surface area contributed by atoms with Crippen LogP contribution in [0.15, 0.2) is 16.7 Å². The van der Waals surface area contributed by atoms with Gasteiger partial charge in [-0.15, -0.1) is 10.2 Å². The summed E-state index contributed by atoms with van der Waals surface area (Å²) in [6.07, 6.45) is 3.95. The fourth-order valence-corrected chi connectivity index (χ4v) is 3.71. The van der Waals surface area contributed by atoms with Gasteiger partial charge in [0.1, 0.15) is 0 Å². The first-order chi connectivity index (χ1) is 10.0. The molecule has 0 aromatic carbocycles. The number of nitrogens with one attached hydrogen (secondary N) is 1. The standard InChI is InChI=1S/C12H20N6OS2/c1-5-16(3)12(19)17(4)10-14-15-11(21-10)20-9(2)18-7-6-13-8-18/h6-7,9,13H,5,8H2,1-4H3. The molecule has 1 aliphatic heterocycles. The molecule has 1 aromatic heterocycles. The van der Waals surface area contributed by atoms with Crippen molar-refractivity contribution in [2.24, 2.45) is 0 Å². The van der Waals surface area contributed by atoms with Gasteiger partial charge in [-0.05, 0) is 13.8 Å². The summed E-state index contributed by atoms with van der Waals surface area (Å²) >= 11 is 3.07. The van der Waals surface area contributed by atoms with Gasteiger partial charge < -0.3 is 15.1 Å². The molecule has 9 heteroatoms. The van der Waals surface area contributed by atoms with Gasteiger partial charge in [-0.2, -0.15) is 0 Å². The third kappa shape index (κ3) is 3.79. The lowest BCUT2D eigenvalue weighted by Gasteiger charge is -2.22. The molecule has 2 rings (SSSR count). The number of rotatable bonds is 5. The number of nitrogens with zero attached hydrogens (tertiary/aromatic N) is 5. The Morgan fingerprint density at radius 3 is 2.95 bits per heavy atom. The number of hydrogen-bond acceptors (Lipinski definition) is 7. The van der Waals surface area contributed by atoms with Gasteiger partial charge in [-0.3, -0.25) is 4.90 Å². The maximum absolute atomic E-state index is 12.1. The van der Waals surface area contributed by atoms with Gasteiger partial charge in [0.25, 0.3) is 0 Å². The average Bonchev–Trinajstić information content (AvgIpc) is 3.15. The minimum absolute atomic E-state index is 0.0788. The molecule has 21 heavy (non-hydrogen) atoms. The first kappa shape index (κ1) is 15.9. The predicted molar refractivity (Wildman–Crippen MR) is 86.3 cm³/mol. The second-order valence-electron chi connectivity index (χ2n) is 4.62. The highest BCUT2D eigenvalue weighted by Gasteiger charge is 2.20. The molecule has 1 aromatic rings. The highest BCUT2D eigenvalue weighted by atomic mass is 32.2. The van der Waals surface area contributed by atoms with Crippen molar-refractivity contribution < 1.29 is 4.79 Å². The van der Waals surface area contributed by atoms with Crippen LogP contribution in [0.3, 0.4) is 0 Å². The molecule has 0 bridgehead atoms. The number of urea groups is 1. The molecule has 1 atom stereocenters. The number of aromatic nitrogens is 2. The van der Waals surface area contributed by atoms with Gasteiger partial charge in [0.15, 0.2) is 4.34 Å². The third-order valence-electron chi connectivity index (χ3n) is 3.17. The summed E-state index contributed by atoms with van der Waals surface area (Å²) in [5, 5.41) is 12.3. The Morgan fingerprint density at radius 2 is 2.33 bits per heavy atom. The average molecular weight is 328 g/mol. The van der Waals surface area contributed by atoms with Crippen LogP contribution in [0.5, 0.6) is 0 Å². The van der Waals surface area contributed by atoms with Crippen LogP contribution in [0, 0.1) is 0 Å². The van der Waals surface area contributed by atoms with Crippen molar-refractivity contribution in [2.45, 2.75) is 23.6 Å². The van der Waals surface area contributed by atoms with Gasteiger partial charge in [0, 0.05) is 33.0 Å². The van der Waals surface area contributed by atoms with Gasteiger partial charge in [-0.25, -0.2) is 4.79 Å². The molecule has 0 aliphatic carbocycles. The summed E-state index contributed by atoms with van der Waals surface area (Å²) in [6.45, 7) is 5.52. The van der Waals surface area contributed by atoms with Crippen LogP contribution in [0.2, 0.25) is 0 Å². The van der Waals surface area contributed by atoms with E-state index < -0.39 is 0 Å². The Bertz CT molecular complexity index is 520.